The number of pyridine rings is 1. The van der Waals surface area contributed by atoms with Crippen molar-refractivity contribution in [2.75, 3.05) is 31.7 Å². The van der Waals surface area contributed by atoms with Gasteiger partial charge in [0, 0.05) is 48.9 Å². The van der Waals surface area contributed by atoms with E-state index in [0.717, 1.165) is 52.6 Å². The third-order valence-corrected chi connectivity index (χ3v) is 6.24. The largest absolute Gasteiger partial charge is 0.495 e. The SMILES string of the molecule is COc1cc(OCC2CC2)c(-c2cn3ccc(N4CCCC4)cc3n2)cc1Br.[O-][Br+2]([O-])O. The minimum absolute atomic E-state index is 0.687. The van der Waals surface area contributed by atoms with Crippen LogP contribution in [0.3, 0.4) is 0 Å². The van der Waals surface area contributed by atoms with E-state index in [9.17, 15) is 0 Å². The van der Waals surface area contributed by atoms with Crippen LogP contribution in [0, 0.1) is 20.7 Å². The van der Waals surface area contributed by atoms with Gasteiger partial charge in [-0.3, -0.25) is 0 Å². The van der Waals surface area contributed by atoms with E-state index >= 15 is 0 Å². The Bertz CT molecular complexity index is 1060. The maximum Gasteiger partial charge on any atom is 0.433 e. The highest BCUT2D eigenvalue weighted by atomic mass is 80.0. The number of ether oxygens (including phenoxy) is 2. The van der Waals surface area contributed by atoms with Crippen molar-refractivity contribution in [2.24, 2.45) is 5.92 Å². The predicted octanol–water partition coefficient (Wildman–Crippen LogP) is 2.23. The molecule has 1 N–H and O–H groups in total. The number of halogens is 2. The number of anilines is 1. The molecule has 172 valence electrons. The van der Waals surface area contributed by atoms with Gasteiger partial charge in [-0.05, 0) is 63.9 Å². The smallest absolute Gasteiger partial charge is 0.433 e. The fourth-order valence-electron chi connectivity index (χ4n) is 3.78. The zero-order valence-electron chi connectivity index (χ0n) is 17.7. The maximum atomic E-state index is 8.63. The Balaban J connectivity index is 0.000000567. The molecule has 1 saturated carbocycles. The van der Waals surface area contributed by atoms with Crippen LogP contribution in [0.5, 0.6) is 11.5 Å². The van der Waals surface area contributed by atoms with Gasteiger partial charge in [0.15, 0.2) is 0 Å². The van der Waals surface area contributed by atoms with Crippen LogP contribution >= 0.6 is 15.9 Å². The van der Waals surface area contributed by atoms with E-state index in [1.54, 1.807) is 7.11 Å². The van der Waals surface area contributed by atoms with E-state index in [2.05, 4.69) is 49.8 Å². The number of rotatable bonds is 6. The number of benzene rings is 1. The quantitative estimate of drug-likeness (QED) is 0.484. The second kappa shape index (κ2) is 10.4. The topological polar surface area (TPSA) is 105 Å². The van der Waals surface area contributed by atoms with Crippen molar-refractivity contribution >= 4 is 27.3 Å². The molecule has 2 aliphatic rings. The normalized spacial score (nSPS) is 15.8. The number of fused-ring (bicyclic) bond motifs is 1. The second-order valence-corrected chi connectivity index (χ2v) is 9.61. The Morgan fingerprint density at radius 1 is 1.19 bits per heavy atom. The monoisotopic (exact) mass is 569 g/mol. The number of imidazole rings is 1. The van der Waals surface area contributed by atoms with Gasteiger partial charge < -0.3 is 27.2 Å². The maximum absolute atomic E-state index is 8.63. The van der Waals surface area contributed by atoms with Gasteiger partial charge in [-0.1, -0.05) is 0 Å². The number of aromatic nitrogens is 2. The van der Waals surface area contributed by atoms with Gasteiger partial charge in [0.25, 0.3) is 0 Å². The van der Waals surface area contributed by atoms with Crippen molar-refractivity contribution in [3.8, 4) is 22.8 Å². The predicted molar refractivity (Wildman–Crippen MR) is 117 cm³/mol. The van der Waals surface area contributed by atoms with Crippen molar-refractivity contribution in [1.29, 1.82) is 0 Å². The highest BCUT2D eigenvalue weighted by Crippen LogP contribution is 2.40. The third-order valence-electron chi connectivity index (χ3n) is 5.62. The molecule has 3 aromatic rings. The molecule has 5 rings (SSSR count). The molecule has 0 bridgehead atoms. The van der Waals surface area contributed by atoms with E-state index in [1.165, 1.54) is 31.4 Å². The molecular weight excluding hydrogens is 546 g/mol. The number of nitrogens with zero attached hydrogens (tertiary/aromatic N) is 3. The Morgan fingerprint density at radius 2 is 1.91 bits per heavy atom. The fourth-order valence-corrected chi connectivity index (χ4v) is 4.28. The summed E-state index contributed by atoms with van der Waals surface area (Å²) in [4.78, 5) is 7.34. The van der Waals surface area contributed by atoms with E-state index in [-0.39, 0.29) is 0 Å². The van der Waals surface area contributed by atoms with Gasteiger partial charge in [-0.15, -0.1) is 0 Å². The molecule has 0 spiro atoms. The van der Waals surface area contributed by atoms with E-state index < -0.39 is 14.8 Å². The molecule has 0 unspecified atom stereocenters. The van der Waals surface area contributed by atoms with Crippen LogP contribution in [-0.2, 0) is 0 Å². The van der Waals surface area contributed by atoms with E-state index in [0.29, 0.717) is 5.92 Å². The van der Waals surface area contributed by atoms with Gasteiger partial charge >= 0.3 is 14.8 Å². The summed E-state index contributed by atoms with van der Waals surface area (Å²) in [5.41, 5.74) is 4.11. The summed E-state index contributed by atoms with van der Waals surface area (Å²) in [6.07, 6.45) is 9.23. The first-order valence-corrected chi connectivity index (χ1v) is 13.2. The van der Waals surface area contributed by atoms with E-state index in [4.69, 9.17) is 27.1 Å². The Hall–Kier alpha value is -1.85. The number of hydrogen-bond acceptors (Lipinski definition) is 7. The lowest BCUT2D eigenvalue weighted by molar-refractivity contribution is -1.63. The van der Waals surface area contributed by atoms with Crippen molar-refractivity contribution in [3.63, 3.8) is 0 Å². The zero-order valence-corrected chi connectivity index (χ0v) is 20.8. The van der Waals surface area contributed by atoms with Gasteiger partial charge in [0.1, 0.15) is 17.1 Å². The minimum Gasteiger partial charge on any atom is -0.495 e. The molecule has 0 radical (unpaired) electrons. The van der Waals surface area contributed by atoms with Gasteiger partial charge in [-0.2, -0.15) is 0 Å². The Morgan fingerprint density at radius 3 is 2.56 bits per heavy atom. The molecule has 2 fully saturated rings. The van der Waals surface area contributed by atoms with Crippen molar-refractivity contribution in [1.82, 2.24) is 9.38 Å². The van der Waals surface area contributed by atoms with Crippen LogP contribution in [-0.4, -0.2) is 40.4 Å². The second-order valence-electron chi connectivity index (χ2n) is 7.91. The van der Waals surface area contributed by atoms with Gasteiger partial charge in [-0.25, -0.2) is 4.98 Å². The van der Waals surface area contributed by atoms with Crippen LogP contribution in [0.15, 0.2) is 41.1 Å². The standard InChI is InChI=1S/C22H24BrN3O2.BrHO3/c1-27-21-12-20(28-14-15-4-5-15)17(11-18(21)23)19-13-26-9-6-16(10-22(26)24-19)25-7-2-3-8-25;2-1(3)4/h6,9-13,15H,2-5,7-8,14H2,1H3;2H. The zero-order chi connectivity index (χ0) is 22.7. The first kappa shape index (κ1) is 23.3. The van der Waals surface area contributed by atoms with Gasteiger partial charge in [0.05, 0.1) is 23.9 Å². The molecule has 1 saturated heterocycles. The highest BCUT2D eigenvalue weighted by Gasteiger charge is 2.23. The average Bonchev–Trinajstić information content (AvgIpc) is 3.24. The van der Waals surface area contributed by atoms with Crippen LogP contribution < -0.4 is 22.8 Å². The van der Waals surface area contributed by atoms with Crippen LogP contribution in [0.4, 0.5) is 5.69 Å². The molecule has 32 heavy (non-hydrogen) atoms. The Labute approximate surface area is 200 Å². The molecular formula is C22H25Br2N3O5. The summed E-state index contributed by atoms with van der Waals surface area (Å²) in [5.74, 6) is 2.29. The van der Waals surface area contributed by atoms with E-state index in [1.807, 2.05) is 12.1 Å². The van der Waals surface area contributed by atoms with Crippen molar-refractivity contribution in [3.05, 3.63) is 41.1 Å². The van der Waals surface area contributed by atoms with Crippen LogP contribution in [0.1, 0.15) is 25.7 Å². The van der Waals surface area contributed by atoms with Crippen LogP contribution in [0.25, 0.3) is 16.9 Å². The minimum atomic E-state index is -3.40. The molecule has 3 heterocycles. The lowest BCUT2D eigenvalue weighted by atomic mass is 10.1. The van der Waals surface area contributed by atoms with Crippen molar-refractivity contribution < 1.29 is 36.9 Å². The molecule has 1 aromatic carbocycles. The van der Waals surface area contributed by atoms with Crippen LogP contribution in [0.2, 0.25) is 0 Å². The summed E-state index contributed by atoms with van der Waals surface area (Å²) >= 11 is 0.214. The molecule has 2 aromatic heterocycles. The molecule has 8 nitrogen and oxygen atoms in total. The Kier molecular flexibility index (Phi) is 7.57. The third kappa shape index (κ3) is 5.74. The molecule has 1 aliphatic carbocycles. The lowest BCUT2D eigenvalue weighted by Crippen LogP contribution is -2.30. The van der Waals surface area contributed by atoms with Crippen molar-refractivity contribution in [2.45, 2.75) is 25.7 Å². The summed E-state index contributed by atoms with van der Waals surface area (Å²) in [6.45, 7) is 3.02. The summed E-state index contributed by atoms with van der Waals surface area (Å²) < 4.78 is 38.9. The number of hydrogen-bond donors (Lipinski definition) is 1. The first-order valence-electron chi connectivity index (χ1n) is 10.4. The average molecular weight is 571 g/mol. The highest BCUT2D eigenvalue weighted by molar-refractivity contribution is 9.10. The summed E-state index contributed by atoms with van der Waals surface area (Å²) in [6, 6.07) is 8.36. The number of methoxy groups -OCH3 is 1. The van der Waals surface area contributed by atoms with Gasteiger partial charge in [0.2, 0.25) is 0 Å². The molecule has 0 atom stereocenters. The molecule has 1 aliphatic heterocycles. The lowest BCUT2D eigenvalue weighted by Gasteiger charge is -2.17. The summed E-state index contributed by atoms with van der Waals surface area (Å²) in [5, 5.41) is 0. The molecule has 0 amide bonds. The summed E-state index contributed by atoms with van der Waals surface area (Å²) in [7, 11) is 1.68. The first-order chi connectivity index (χ1) is 15.4. The fraction of sp³-hybridized carbons (Fsp3) is 0.409. The molecule has 10 heteroatoms.